The molecule has 2 amide bonds. The van der Waals surface area contributed by atoms with E-state index in [-0.39, 0.29) is 11.5 Å². The van der Waals surface area contributed by atoms with Crippen LogP contribution in [0, 0.1) is 5.82 Å². The van der Waals surface area contributed by atoms with E-state index in [4.69, 9.17) is 0 Å². The van der Waals surface area contributed by atoms with Gasteiger partial charge in [0.25, 0.3) is 5.91 Å². The number of halogens is 1. The Balaban J connectivity index is 1.98. The number of hydrogen-bond acceptors (Lipinski definition) is 2. The van der Waals surface area contributed by atoms with E-state index in [2.05, 4.69) is 5.32 Å². The molecular weight excluding hydrogens is 247 g/mol. The Morgan fingerprint density at radius 3 is 2.53 bits per heavy atom. The zero-order valence-electron chi connectivity index (χ0n) is 10.9. The number of nitrogens with one attached hydrogen (secondary N) is 1. The molecule has 0 unspecified atom stereocenters. The Labute approximate surface area is 111 Å². The molecule has 5 heteroatoms. The molecule has 0 saturated carbocycles. The highest BCUT2D eigenvalue weighted by Crippen LogP contribution is 2.10. The molecule has 1 fully saturated rings. The standard InChI is InChI=1S/C14H17FN2O2/c1-10(14(19)17-8-4-5-9-17)16-13(18)11-6-2-3-7-12(11)15/h2-3,6-7,10H,4-5,8-9H2,1H3,(H,16,18)/t10-/m1/s1. The van der Waals surface area contributed by atoms with Crippen LogP contribution in [0.15, 0.2) is 24.3 Å². The van der Waals surface area contributed by atoms with Crippen LogP contribution in [0.25, 0.3) is 0 Å². The van der Waals surface area contributed by atoms with Crippen molar-refractivity contribution in [2.75, 3.05) is 13.1 Å². The fourth-order valence-corrected chi connectivity index (χ4v) is 2.19. The molecule has 2 rings (SSSR count). The molecule has 0 spiro atoms. The third-order valence-corrected chi connectivity index (χ3v) is 3.25. The molecule has 1 aliphatic heterocycles. The van der Waals surface area contributed by atoms with Crippen LogP contribution in [-0.2, 0) is 4.79 Å². The number of amides is 2. The third-order valence-electron chi connectivity index (χ3n) is 3.25. The second-order valence-electron chi connectivity index (χ2n) is 4.71. The fourth-order valence-electron chi connectivity index (χ4n) is 2.19. The molecule has 4 nitrogen and oxygen atoms in total. The molecule has 1 aromatic carbocycles. The number of benzene rings is 1. The quantitative estimate of drug-likeness (QED) is 0.900. The van der Waals surface area contributed by atoms with E-state index in [0.717, 1.165) is 25.9 Å². The summed E-state index contributed by atoms with van der Waals surface area (Å²) in [4.78, 5) is 25.6. The molecule has 1 aromatic rings. The summed E-state index contributed by atoms with van der Waals surface area (Å²) in [6.45, 7) is 3.09. The maximum absolute atomic E-state index is 13.4. The van der Waals surface area contributed by atoms with Crippen molar-refractivity contribution in [3.63, 3.8) is 0 Å². The van der Waals surface area contributed by atoms with Gasteiger partial charge >= 0.3 is 0 Å². The molecule has 0 aromatic heterocycles. The van der Waals surface area contributed by atoms with Crippen molar-refractivity contribution >= 4 is 11.8 Å². The molecule has 102 valence electrons. The largest absolute Gasteiger partial charge is 0.341 e. The zero-order valence-corrected chi connectivity index (χ0v) is 10.9. The van der Waals surface area contributed by atoms with E-state index in [1.165, 1.54) is 18.2 Å². The Morgan fingerprint density at radius 2 is 1.89 bits per heavy atom. The van der Waals surface area contributed by atoms with Crippen molar-refractivity contribution in [1.82, 2.24) is 10.2 Å². The number of nitrogens with zero attached hydrogens (tertiary/aromatic N) is 1. The van der Waals surface area contributed by atoms with E-state index >= 15 is 0 Å². The smallest absolute Gasteiger partial charge is 0.254 e. The molecule has 1 aliphatic rings. The Morgan fingerprint density at radius 1 is 1.26 bits per heavy atom. The van der Waals surface area contributed by atoms with Crippen molar-refractivity contribution in [1.29, 1.82) is 0 Å². The van der Waals surface area contributed by atoms with Gasteiger partial charge in [0.2, 0.25) is 5.91 Å². The van der Waals surface area contributed by atoms with E-state index in [1.807, 2.05) is 0 Å². The van der Waals surface area contributed by atoms with E-state index in [0.29, 0.717) is 0 Å². The van der Waals surface area contributed by atoms with E-state index < -0.39 is 17.8 Å². The monoisotopic (exact) mass is 264 g/mol. The van der Waals surface area contributed by atoms with Gasteiger partial charge in [-0.25, -0.2) is 4.39 Å². The molecular formula is C14H17FN2O2. The minimum absolute atomic E-state index is 0.0384. The number of likely N-dealkylation sites (tertiary alicyclic amines) is 1. The third kappa shape index (κ3) is 3.10. The Kier molecular flexibility index (Phi) is 4.14. The minimum Gasteiger partial charge on any atom is -0.341 e. The topological polar surface area (TPSA) is 49.4 Å². The van der Waals surface area contributed by atoms with Crippen LogP contribution < -0.4 is 5.32 Å². The van der Waals surface area contributed by atoms with Gasteiger partial charge in [-0.2, -0.15) is 0 Å². The highest BCUT2D eigenvalue weighted by Gasteiger charge is 2.25. The molecule has 1 N–H and O–H groups in total. The summed E-state index contributed by atoms with van der Waals surface area (Å²) in [5.74, 6) is -1.25. The van der Waals surface area contributed by atoms with E-state index in [1.54, 1.807) is 17.9 Å². The summed E-state index contributed by atoms with van der Waals surface area (Å²) >= 11 is 0. The first kappa shape index (κ1) is 13.5. The van der Waals surface area contributed by atoms with Crippen molar-refractivity contribution < 1.29 is 14.0 Å². The van der Waals surface area contributed by atoms with Crippen LogP contribution in [0.5, 0.6) is 0 Å². The lowest BCUT2D eigenvalue weighted by atomic mass is 10.2. The summed E-state index contributed by atoms with van der Waals surface area (Å²) in [6, 6.07) is 5.10. The number of carbonyl (C=O) groups excluding carboxylic acids is 2. The highest BCUT2D eigenvalue weighted by atomic mass is 19.1. The van der Waals surface area contributed by atoms with Gasteiger partial charge in [-0.3, -0.25) is 9.59 Å². The average molecular weight is 264 g/mol. The predicted octanol–water partition coefficient (Wildman–Crippen LogP) is 1.57. The second kappa shape index (κ2) is 5.82. The molecule has 1 heterocycles. The van der Waals surface area contributed by atoms with Gasteiger partial charge in [0.1, 0.15) is 11.9 Å². The summed E-state index contributed by atoms with van der Waals surface area (Å²) in [6.07, 6.45) is 2.00. The van der Waals surface area contributed by atoms with Gasteiger partial charge in [-0.1, -0.05) is 12.1 Å². The maximum Gasteiger partial charge on any atom is 0.254 e. The molecule has 1 atom stereocenters. The van der Waals surface area contributed by atoms with Crippen molar-refractivity contribution in [2.45, 2.75) is 25.8 Å². The lowest BCUT2D eigenvalue weighted by Crippen LogP contribution is -2.46. The van der Waals surface area contributed by atoms with Crippen LogP contribution in [0.2, 0.25) is 0 Å². The average Bonchev–Trinajstić information content (AvgIpc) is 2.92. The van der Waals surface area contributed by atoms with Crippen LogP contribution in [-0.4, -0.2) is 35.8 Å². The van der Waals surface area contributed by atoms with Crippen LogP contribution in [0.3, 0.4) is 0 Å². The number of rotatable bonds is 3. The molecule has 19 heavy (non-hydrogen) atoms. The lowest BCUT2D eigenvalue weighted by Gasteiger charge is -2.21. The molecule has 1 saturated heterocycles. The zero-order chi connectivity index (χ0) is 13.8. The summed E-state index contributed by atoms with van der Waals surface area (Å²) < 4.78 is 13.4. The summed E-state index contributed by atoms with van der Waals surface area (Å²) in [5.41, 5.74) is -0.0384. The molecule has 0 bridgehead atoms. The van der Waals surface area contributed by atoms with Crippen molar-refractivity contribution in [3.8, 4) is 0 Å². The minimum atomic E-state index is -0.634. The van der Waals surface area contributed by atoms with Crippen molar-refractivity contribution in [3.05, 3.63) is 35.6 Å². The lowest BCUT2D eigenvalue weighted by molar-refractivity contribution is -0.131. The summed E-state index contributed by atoms with van der Waals surface area (Å²) in [5, 5.41) is 2.54. The van der Waals surface area contributed by atoms with Gasteiger partial charge in [-0.05, 0) is 31.9 Å². The molecule has 0 aliphatic carbocycles. The first-order valence-corrected chi connectivity index (χ1v) is 6.44. The SMILES string of the molecule is C[C@@H](NC(=O)c1ccccc1F)C(=O)N1CCCC1. The number of carbonyl (C=O) groups is 2. The van der Waals surface area contributed by atoms with Gasteiger partial charge < -0.3 is 10.2 Å². The highest BCUT2D eigenvalue weighted by molar-refractivity contribution is 5.97. The predicted molar refractivity (Wildman–Crippen MR) is 69.1 cm³/mol. The fraction of sp³-hybridized carbons (Fsp3) is 0.429. The van der Waals surface area contributed by atoms with Crippen LogP contribution in [0.1, 0.15) is 30.1 Å². The first-order chi connectivity index (χ1) is 9.09. The van der Waals surface area contributed by atoms with Gasteiger partial charge in [0.15, 0.2) is 0 Å². The van der Waals surface area contributed by atoms with Gasteiger partial charge in [0, 0.05) is 13.1 Å². The Bertz CT molecular complexity index is 484. The molecule has 0 radical (unpaired) electrons. The second-order valence-corrected chi connectivity index (χ2v) is 4.71. The van der Waals surface area contributed by atoms with Gasteiger partial charge in [-0.15, -0.1) is 0 Å². The van der Waals surface area contributed by atoms with Crippen molar-refractivity contribution in [2.24, 2.45) is 0 Å². The normalized spacial score (nSPS) is 16.2. The van der Waals surface area contributed by atoms with Crippen LogP contribution in [0.4, 0.5) is 4.39 Å². The number of hydrogen-bond donors (Lipinski definition) is 1. The van der Waals surface area contributed by atoms with Gasteiger partial charge in [0.05, 0.1) is 5.56 Å². The first-order valence-electron chi connectivity index (χ1n) is 6.44. The van der Waals surface area contributed by atoms with Crippen LogP contribution >= 0.6 is 0 Å². The maximum atomic E-state index is 13.4. The Hall–Kier alpha value is -1.91. The summed E-state index contributed by atoms with van der Waals surface area (Å²) in [7, 11) is 0. The van der Waals surface area contributed by atoms with E-state index in [9.17, 15) is 14.0 Å².